The summed E-state index contributed by atoms with van der Waals surface area (Å²) in [7, 11) is 0. The first-order valence-electron chi connectivity index (χ1n) is 3.90. The Morgan fingerprint density at radius 1 is 1.71 bits per heavy atom. The molecule has 14 heavy (non-hydrogen) atoms. The van der Waals surface area contributed by atoms with Crippen LogP contribution >= 0.6 is 0 Å². The van der Waals surface area contributed by atoms with Gasteiger partial charge in [-0.15, -0.1) is 0 Å². The minimum atomic E-state index is -0.259. The summed E-state index contributed by atoms with van der Waals surface area (Å²) in [4.78, 5) is 3.82. The van der Waals surface area contributed by atoms with Crippen LogP contribution in [0.1, 0.15) is 19.5 Å². The van der Waals surface area contributed by atoms with Crippen molar-refractivity contribution in [3.63, 3.8) is 0 Å². The fourth-order valence-electron chi connectivity index (χ4n) is 0.890. The summed E-state index contributed by atoms with van der Waals surface area (Å²) >= 11 is 0. The van der Waals surface area contributed by atoms with Crippen molar-refractivity contribution in [3.8, 4) is 6.07 Å². The molecule has 0 aliphatic heterocycles. The number of aromatic nitrogens is 2. The van der Waals surface area contributed by atoms with Gasteiger partial charge in [0.1, 0.15) is 18.1 Å². The fraction of sp³-hybridized carbons (Fsp3) is 0.250. The van der Waals surface area contributed by atoms with Crippen LogP contribution in [0.25, 0.3) is 0 Å². The number of nitrogens with zero attached hydrogens (tertiary/aromatic N) is 4. The maximum absolute atomic E-state index is 8.49. The monoisotopic (exact) mass is 190 g/mol. The molecular weight excluding hydrogens is 180 g/mol. The van der Waals surface area contributed by atoms with E-state index in [1.54, 1.807) is 6.07 Å². The maximum Gasteiger partial charge on any atom is 0.161 e. The van der Waals surface area contributed by atoms with E-state index in [2.05, 4.69) is 10.1 Å². The van der Waals surface area contributed by atoms with Gasteiger partial charge in [-0.3, -0.25) is 5.41 Å². The van der Waals surface area contributed by atoms with Gasteiger partial charge in [0.15, 0.2) is 11.5 Å². The van der Waals surface area contributed by atoms with E-state index in [0.29, 0.717) is 0 Å². The highest BCUT2D eigenvalue weighted by Crippen LogP contribution is 2.10. The third-order valence-corrected chi connectivity index (χ3v) is 1.44. The van der Waals surface area contributed by atoms with Crippen molar-refractivity contribution in [1.82, 2.24) is 9.66 Å². The maximum atomic E-state index is 8.49. The number of anilines is 1. The predicted octanol–water partition coefficient (Wildman–Crippen LogP) is 0.601. The molecule has 0 amide bonds. The van der Waals surface area contributed by atoms with E-state index in [1.807, 2.05) is 13.8 Å². The highest BCUT2D eigenvalue weighted by Gasteiger charge is 2.11. The number of nitrogen functional groups attached to an aromatic ring is 1. The van der Waals surface area contributed by atoms with E-state index in [-0.39, 0.29) is 17.2 Å². The number of nitrogens with one attached hydrogen (secondary N) is 1. The molecule has 0 atom stereocenters. The van der Waals surface area contributed by atoms with Crippen molar-refractivity contribution in [1.29, 1.82) is 10.7 Å². The summed E-state index contributed by atoms with van der Waals surface area (Å²) in [6.07, 6.45) is 1.38. The number of hydrogen-bond acceptors (Lipinski definition) is 5. The summed E-state index contributed by atoms with van der Waals surface area (Å²) in [6.45, 7) is 3.63. The van der Waals surface area contributed by atoms with Crippen LogP contribution in [0.3, 0.4) is 0 Å². The number of imidazole rings is 1. The SMILES string of the molecule is CC(C)=Nn1cnc(C(=N)C#N)c1N. The molecule has 1 heterocycles. The molecule has 1 aromatic heterocycles. The number of hydrogen-bond donors (Lipinski definition) is 2. The Kier molecular flexibility index (Phi) is 2.62. The van der Waals surface area contributed by atoms with Crippen molar-refractivity contribution < 1.29 is 0 Å². The van der Waals surface area contributed by atoms with Gasteiger partial charge in [0.25, 0.3) is 0 Å². The molecule has 1 aromatic rings. The van der Waals surface area contributed by atoms with Gasteiger partial charge >= 0.3 is 0 Å². The molecule has 0 aliphatic rings. The Morgan fingerprint density at radius 3 is 2.86 bits per heavy atom. The first-order valence-corrected chi connectivity index (χ1v) is 3.90. The van der Waals surface area contributed by atoms with Gasteiger partial charge in [-0.1, -0.05) is 0 Å². The zero-order valence-electron chi connectivity index (χ0n) is 7.94. The largest absolute Gasteiger partial charge is 0.382 e. The molecule has 0 aliphatic carbocycles. The second-order valence-electron chi connectivity index (χ2n) is 2.86. The standard InChI is InChI=1S/C8H10N6/c1-5(2)13-14-4-12-7(8(14)11)6(10)3-9/h4,10H,11H2,1-2H3. The summed E-state index contributed by atoms with van der Waals surface area (Å²) in [5.74, 6) is 0.206. The van der Waals surface area contributed by atoms with Crippen LogP contribution in [-0.2, 0) is 0 Å². The zero-order chi connectivity index (χ0) is 10.7. The number of nitriles is 1. The summed E-state index contributed by atoms with van der Waals surface area (Å²) in [5.41, 5.74) is 6.34. The van der Waals surface area contributed by atoms with E-state index < -0.39 is 0 Å². The van der Waals surface area contributed by atoms with Crippen LogP contribution in [0.4, 0.5) is 5.82 Å². The van der Waals surface area contributed by atoms with E-state index in [4.69, 9.17) is 16.4 Å². The smallest absolute Gasteiger partial charge is 0.161 e. The van der Waals surface area contributed by atoms with Gasteiger partial charge < -0.3 is 5.73 Å². The van der Waals surface area contributed by atoms with Crippen molar-refractivity contribution in [2.45, 2.75) is 13.8 Å². The molecule has 0 unspecified atom stereocenters. The molecule has 0 spiro atoms. The van der Waals surface area contributed by atoms with Crippen LogP contribution in [-0.4, -0.2) is 21.1 Å². The topological polar surface area (TPSA) is 104 Å². The zero-order valence-corrected chi connectivity index (χ0v) is 7.94. The summed E-state index contributed by atoms with van der Waals surface area (Å²) in [5, 5.41) is 19.8. The normalized spacial score (nSPS) is 9.21. The average Bonchev–Trinajstić information content (AvgIpc) is 2.46. The van der Waals surface area contributed by atoms with Crippen LogP contribution in [0.5, 0.6) is 0 Å². The Balaban J connectivity index is 3.17. The van der Waals surface area contributed by atoms with Crippen LogP contribution < -0.4 is 5.73 Å². The molecule has 72 valence electrons. The highest BCUT2D eigenvalue weighted by atomic mass is 15.4. The van der Waals surface area contributed by atoms with E-state index in [0.717, 1.165) is 5.71 Å². The van der Waals surface area contributed by atoms with Gasteiger partial charge in [0.2, 0.25) is 0 Å². The molecule has 0 bridgehead atoms. The van der Waals surface area contributed by atoms with Crippen molar-refractivity contribution in [2.24, 2.45) is 5.10 Å². The molecule has 0 radical (unpaired) electrons. The Morgan fingerprint density at radius 2 is 2.36 bits per heavy atom. The average molecular weight is 190 g/mol. The molecule has 0 aromatic carbocycles. The molecule has 0 saturated heterocycles. The van der Waals surface area contributed by atoms with Gasteiger partial charge in [0, 0.05) is 5.71 Å². The lowest BCUT2D eigenvalue weighted by Gasteiger charge is -1.97. The Bertz CT molecular complexity index is 429. The van der Waals surface area contributed by atoms with Crippen molar-refractivity contribution >= 4 is 17.2 Å². The highest BCUT2D eigenvalue weighted by molar-refractivity contribution is 6.10. The lowest BCUT2D eigenvalue weighted by molar-refractivity contribution is 0.884. The molecular formula is C8H10N6. The van der Waals surface area contributed by atoms with Crippen molar-refractivity contribution in [3.05, 3.63) is 12.0 Å². The van der Waals surface area contributed by atoms with Gasteiger partial charge in [-0.05, 0) is 13.8 Å². The molecule has 0 fully saturated rings. The Labute approximate surface area is 81.2 Å². The number of rotatable bonds is 2. The summed E-state index contributed by atoms with van der Waals surface area (Å²) in [6, 6.07) is 1.67. The summed E-state index contributed by atoms with van der Waals surface area (Å²) < 4.78 is 1.34. The third-order valence-electron chi connectivity index (χ3n) is 1.44. The van der Waals surface area contributed by atoms with E-state index in [9.17, 15) is 0 Å². The van der Waals surface area contributed by atoms with Gasteiger partial charge in [-0.25, -0.2) is 9.66 Å². The quantitative estimate of drug-likeness (QED) is 0.667. The lowest BCUT2D eigenvalue weighted by atomic mass is 10.3. The second kappa shape index (κ2) is 3.70. The van der Waals surface area contributed by atoms with Crippen LogP contribution in [0.15, 0.2) is 11.4 Å². The fourth-order valence-corrected chi connectivity index (χ4v) is 0.890. The van der Waals surface area contributed by atoms with Crippen LogP contribution in [0, 0.1) is 16.7 Å². The molecule has 0 saturated carbocycles. The molecule has 6 nitrogen and oxygen atoms in total. The minimum Gasteiger partial charge on any atom is -0.382 e. The Hall–Kier alpha value is -2.16. The van der Waals surface area contributed by atoms with Gasteiger partial charge in [0.05, 0.1) is 0 Å². The number of nitrogens with two attached hydrogens (primary N) is 1. The van der Waals surface area contributed by atoms with E-state index in [1.165, 1.54) is 11.0 Å². The first kappa shape index (κ1) is 9.92. The molecule has 3 N–H and O–H groups in total. The van der Waals surface area contributed by atoms with Crippen LogP contribution in [0.2, 0.25) is 0 Å². The second-order valence-corrected chi connectivity index (χ2v) is 2.86. The minimum absolute atomic E-state index is 0.164. The molecule has 6 heteroatoms. The molecule has 1 rings (SSSR count). The predicted molar refractivity (Wildman–Crippen MR) is 53.3 cm³/mol. The van der Waals surface area contributed by atoms with Gasteiger partial charge in [-0.2, -0.15) is 10.4 Å². The van der Waals surface area contributed by atoms with Crippen molar-refractivity contribution in [2.75, 3.05) is 5.73 Å². The van der Waals surface area contributed by atoms with E-state index >= 15 is 0 Å². The first-order chi connectivity index (χ1) is 6.56. The third kappa shape index (κ3) is 1.77. The lowest BCUT2D eigenvalue weighted by Crippen LogP contribution is -2.04.